The normalized spacial score (nSPS) is 33.9. The SMILES string of the molecule is CC(C)(Oc1ccccn1)C(=NC1C2CC3CC1CC(S(C)(=O)=O)(C3)C2)NC#N. The van der Waals surface area contributed by atoms with Crippen LogP contribution in [0.1, 0.15) is 46.0 Å². The fourth-order valence-corrected chi connectivity index (χ4v) is 7.42. The molecular formula is C21H28N4O3S. The van der Waals surface area contributed by atoms with Crippen molar-refractivity contribution in [2.45, 2.75) is 62.3 Å². The van der Waals surface area contributed by atoms with Crippen molar-refractivity contribution in [3.05, 3.63) is 24.4 Å². The summed E-state index contributed by atoms with van der Waals surface area (Å²) in [4.78, 5) is 9.19. The average molecular weight is 417 g/mol. The highest BCUT2D eigenvalue weighted by Gasteiger charge is 2.59. The van der Waals surface area contributed by atoms with Crippen LogP contribution in [0.2, 0.25) is 0 Å². The van der Waals surface area contributed by atoms with E-state index >= 15 is 0 Å². The molecule has 4 saturated carbocycles. The zero-order chi connectivity index (χ0) is 20.9. The molecule has 156 valence electrons. The van der Waals surface area contributed by atoms with Crippen LogP contribution in [0, 0.1) is 29.2 Å². The Morgan fingerprint density at radius 1 is 1.31 bits per heavy atom. The minimum atomic E-state index is -3.10. The van der Waals surface area contributed by atoms with E-state index in [1.165, 1.54) is 6.26 Å². The number of ether oxygens (including phenoxy) is 1. The predicted molar refractivity (Wildman–Crippen MR) is 110 cm³/mol. The van der Waals surface area contributed by atoms with Gasteiger partial charge in [0.25, 0.3) is 0 Å². The van der Waals surface area contributed by atoms with E-state index in [1.807, 2.05) is 32.2 Å². The second kappa shape index (κ2) is 6.98. The van der Waals surface area contributed by atoms with Crippen molar-refractivity contribution in [3.63, 3.8) is 0 Å². The fraction of sp³-hybridized carbons (Fsp3) is 0.667. The number of hydrogen-bond acceptors (Lipinski definition) is 6. The zero-order valence-corrected chi connectivity index (χ0v) is 17.9. The van der Waals surface area contributed by atoms with Crippen LogP contribution >= 0.6 is 0 Å². The van der Waals surface area contributed by atoms with E-state index in [0.717, 1.165) is 19.3 Å². The number of nitrogens with zero attached hydrogens (tertiary/aromatic N) is 3. The molecule has 0 radical (unpaired) electrons. The highest BCUT2D eigenvalue weighted by molar-refractivity contribution is 7.92. The Balaban J connectivity index is 1.62. The van der Waals surface area contributed by atoms with Crippen molar-refractivity contribution in [1.82, 2.24) is 10.3 Å². The summed E-state index contributed by atoms with van der Waals surface area (Å²) in [6.45, 7) is 3.72. The highest BCUT2D eigenvalue weighted by atomic mass is 32.2. The quantitative estimate of drug-likeness (QED) is 0.342. The molecule has 4 fully saturated rings. The number of nitriles is 1. The molecule has 29 heavy (non-hydrogen) atoms. The monoisotopic (exact) mass is 416 g/mol. The number of sulfone groups is 1. The number of aromatic nitrogens is 1. The molecule has 2 unspecified atom stereocenters. The lowest BCUT2D eigenvalue weighted by atomic mass is 9.54. The van der Waals surface area contributed by atoms with E-state index in [0.29, 0.717) is 30.5 Å². The van der Waals surface area contributed by atoms with Crippen molar-refractivity contribution < 1.29 is 13.2 Å². The second-order valence-electron chi connectivity index (χ2n) is 9.41. The number of rotatable bonds is 5. The third-order valence-corrected chi connectivity index (χ3v) is 9.05. The van der Waals surface area contributed by atoms with Gasteiger partial charge in [0.05, 0.1) is 10.8 Å². The van der Waals surface area contributed by atoms with E-state index in [4.69, 9.17) is 9.73 Å². The van der Waals surface area contributed by atoms with Gasteiger partial charge in [-0.05, 0) is 69.8 Å². The maximum atomic E-state index is 12.6. The summed E-state index contributed by atoms with van der Waals surface area (Å²) in [6.07, 6.45) is 9.22. The van der Waals surface area contributed by atoms with Crippen LogP contribution in [0.5, 0.6) is 5.88 Å². The van der Waals surface area contributed by atoms with Gasteiger partial charge < -0.3 is 4.74 Å². The number of amidine groups is 1. The van der Waals surface area contributed by atoms with Crippen molar-refractivity contribution in [1.29, 1.82) is 5.26 Å². The van der Waals surface area contributed by atoms with Crippen LogP contribution in [-0.2, 0) is 9.84 Å². The van der Waals surface area contributed by atoms with E-state index in [-0.39, 0.29) is 17.9 Å². The molecule has 7 nitrogen and oxygen atoms in total. The van der Waals surface area contributed by atoms with Crippen LogP contribution in [-0.4, -0.2) is 41.9 Å². The second-order valence-corrected chi connectivity index (χ2v) is 11.8. The molecular weight excluding hydrogens is 388 g/mol. The van der Waals surface area contributed by atoms with Gasteiger partial charge >= 0.3 is 0 Å². The summed E-state index contributed by atoms with van der Waals surface area (Å²) < 4.78 is 30.6. The molecule has 4 aliphatic rings. The first-order valence-electron chi connectivity index (χ1n) is 10.2. The fourth-order valence-electron chi connectivity index (χ4n) is 5.85. The Bertz CT molecular complexity index is 936. The molecule has 5 rings (SSSR count). The molecule has 4 aliphatic carbocycles. The molecule has 2 atom stereocenters. The largest absolute Gasteiger partial charge is 0.463 e. The lowest BCUT2D eigenvalue weighted by molar-refractivity contribution is 0.0140. The van der Waals surface area contributed by atoms with Crippen LogP contribution in [0.15, 0.2) is 29.4 Å². The van der Waals surface area contributed by atoms with E-state index < -0.39 is 20.2 Å². The standard InChI is InChI=1S/C21H28N4O3S/c1-20(2,28-17-6-4-5-7-23-17)19(24-13-22)25-18-15-8-14-9-16(18)12-21(10-14,11-15)29(3,26)27/h4-7,14-16,18H,8-12H2,1-3H3,(H,24,25). The Kier molecular flexibility index (Phi) is 4.85. The van der Waals surface area contributed by atoms with Crippen molar-refractivity contribution in [2.75, 3.05) is 6.26 Å². The predicted octanol–water partition coefficient (Wildman–Crippen LogP) is 2.70. The Morgan fingerprint density at radius 2 is 2.00 bits per heavy atom. The van der Waals surface area contributed by atoms with Crippen LogP contribution in [0.4, 0.5) is 0 Å². The van der Waals surface area contributed by atoms with Crippen molar-refractivity contribution in [2.24, 2.45) is 22.7 Å². The molecule has 0 spiro atoms. The molecule has 1 heterocycles. The lowest BCUT2D eigenvalue weighted by Crippen LogP contribution is -2.60. The number of hydrogen-bond donors (Lipinski definition) is 1. The summed E-state index contributed by atoms with van der Waals surface area (Å²) in [6, 6.07) is 5.44. The Morgan fingerprint density at radius 3 is 2.55 bits per heavy atom. The van der Waals surface area contributed by atoms with Gasteiger partial charge in [-0.15, -0.1) is 0 Å². The van der Waals surface area contributed by atoms with Gasteiger partial charge in [0, 0.05) is 18.5 Å². The summed E-state index contributed by atoms with van der Waals surface area (Å²) in [5.41, 5.74) is -0.868. The van der Waals surface area contributed by atoms with Crippen LogP contribution in [0.3, 0.4) is 0 Å². The topological polar surface area (TPSA) is 104 Å². The minimum Gasteiger partial charge on any atom is -0.463 e. The maximum absolute atomic E-state index is 12.6. The number of nitrogens with one attached hydrogen (secondary N) is 1. The molecule has 1 N–H and O–H groups in total. The highest BCUT2D eigenvalue weighted by Crippen LogP contribution is 2.59. The van der Waals surface area contributed by atoms with Gasteiger partial charge in [-0.2, -0.15) is 5.26 Å². The average Bonchev–Trinajstić information content (AvgIpc) is 2.62. The minimum absolute atomic E-state index is 0.0175. The third-order valence-electron chi connectivity index (χ3n) is 6.97. The van der Waals surface area contributed by atoms with Crippen molar-refractivity contribution in [3.8, 4) is 12.1 Å². The molecule has 4 bridgehead atoms. The van der Waals surface area contributed by atoms with Crippen LogP contribution < -0.4 is 10.1 Å². The van der Waals surface area contributed by atoms with Gasteiger partial charge in [-0.25, -0.2) is 13.4 Å². The summed E-state index contributed by atoms with van der Waals surface area (Å²) in [7, 11) is -3.10. The molecule has 1 aromatic rings. The first kappa shape index (κ1) is 20.1. The Labute approximate surface area is 172 Å². The van der Waals surface area contributed by atoms with Crippen molar-refractivity contribution >= 4 is 15.7 Å². The first-order valence-corrected chi connectivity index (χ1v) is 12.1. The Hall–Kier alpha value is -2.14. The summed E-state index contributed by atoms with van der Waals surface area (Å²) in [5.74, 6) is 1.87. The van der Waals surface area contributed by atoms with Gasteiger partial charge in [0.2, 0.25) is 5.88 Å². The number of pyridine rings is 1. The molecule has 0 amide bonds. The number of aliphatic imine (C=N–C) groups is 1. The van der Waals surface area contributed by atoms with Gasteiger partial charge in [0.1, 0.15) is 0 Å². The molecule has 1 aromatic heterocycles. The lowest BCUT2D eigenvalue weighted by Gasteiger charge is -2.58. The smallest absolute Gasteiger partial charge is 0.214 e. The van der Waals surface area contributed by atoms with Gasteiger partial charge in [-0.1, -0.05) is 6.07 Å². The summed E-state index contributed by atoms with van der Waals surface area (Å²) >= 11 is 0. The first-order chi connectivity index (χ1) is 13.6. The third kappa shape index (κ3) is 3.61. The van der Waals surface area contributed by atoms with Gasteiger partial charge in [0.15, 0.2) is 27.5 Å². The summed E-state index contributed by atoms with van der Waals surface area (Å²) in [5, 5.41) is 12.0. The molecule has 0 saturated heterocycles. The van der Waals surface area contributed by atoms with E-state index in [2.05, 4.69) is 10.3 Å². The van der Waals surface area contributed by atoms with Crippen LogP contribution in [0.25, 0.3) is 0 Å². The molecule has 8 heteroatoms. The maximum Gasteiger partial charge on any atom is 0.214 e. The van der Waals surface area contributed by atoms with Gasteiger partial charge in [-0.3, -0.25) is 10.3 Å². The molecule has 0 aliphatic heterocycles. The zero-order valence-electron chi connectivity index (χ0n) is 17.1. The van der Waals surface area contributed by atoms with E-state index in [9.17, 15) is 13.7 Å². The van der Waals surface area contributed by atoms with E-state index in [1.54, 1.807) is 12.3 Å². The molecule has 0 aromatic carbocycles.